The fourth-order valence-electron chi connectivity index (χ4n) is 1.21. The molecule has 14 heavy (non-hydrogen) atoms. The van der Waals surface area contributed by atoms with Crippen LogP contribution in [0.3, 0.4) is 0 Å². The van der Waals surface area contributed by atoms with Crippen LogP contribution in [0, 0.1) is 0 Å². The van der Waals surface area contributed by atoms with Crippen LogP contribution in [0.5, 0.6) is 0 Å². The zero-order chi connectivity index (χ0) is 10.2. The van der Waals surface area contributed by atoms with Crippen molar-refractivity contribution in [3.63, 3.8) is 0 Å². The van der Waals surface area contributed by atoms with E-state index in [1.807, 2.05) is 0 Å². The van der Waals surface area contributed by atoms with Gasteiger partial charge in [-0.25, -0.2) is 13.6 Å². The summed E-state index contributed by atoms with van der Waals surface area (Å²) in [4.78, 5) is 0. The average molecular weight is 216 g/mol. The van der Waals surface area contributed by atoms with E-state index in [0.29, 0.717) is 18.2 Å². The van der Waals surface area contributed by atoms with E-state index in [9.17, 15) is 8.42 Å². The maximum absolute atomic E-state index is 11.1. The smallest absolute Gasteiger partial charge is 0.255 e. The average Bonchev–Trinajstić information content (AvgIpc) is 2.77. The van der Waals surface area contributed by atoms with Gasteiger partial charge in [-0.15, -0.1) is 0 Å². The minimum atomic E-state index is -3.68. The van der Waals surface area contributed by atoms with Crippen LogP contribution in [0.2, 0.25) is 0 Å². The number of nitrogens with zero attached hydrogens (tertiary/aromatic N) is 1. The number of sulfonamides is 1. The highest BCUT2D eigenvalue weighted by Crippen LogP contribution is 2.20. The summed E-state index contributed by atoms with van der Waals surface area (Å²) in [5, 5.41) is 14.2. The zero-order valence-electron chi connectivity index (χ0n) is 7.53. The van der Waals surface area contributed by atoms with Gasteiger partial charge in [0, 0.05) is 18.2 Å². The minimum Gasteiger partial charge on any atom is -0.310 e. The van der Waals surface area contributed by atoms with E-state index in [1.54, 1.807) is 0 Å². The SMILES string of the molecule is NS(=O)(=O)c1[nH]ncc1CNC1CC1. The molecular weight excluding hydrogens is 204 g/mol. The lowest BCUT2D eigenvalue weighted by Gasteiger charge is -2.01. The van der Waals surface area contributed by atoms with E-state index in [2.05, 4.69) is 15.5 Å². The summed E-state index contributed by atoms with van der Waals surface area (Å²) in [5.74, 6) is 0. The van der Waals surface area contributed by atoms with Crippen LogP contribution in [0.15, 0.2) is 11.2 Å². The fourth-order valence-corrected chi connectivity index (χ4v) is 1.88. The molecule has 0 saturated heterocycles. The molecule has 6 nitrogen and oxygen atoms in total. The van der Waals surface area contributed by atoms with Crippen molar-refractivity contribution in [3.8, 4) is 0 Å². The Balaban J connectivity index is 2.12. The lowest BCUT2D eigenvalue weighted by Crippen LogP contribution is -2.19. The van der Waals surface area contributed by atoms with Crippen molar-refractivity contribution in [3.05, 3.63) is 11.8 Å². The Bertz CT molecular complexity index is 421. The molecule has 1 aliphatic rings. The topological polar surface area (TPSA) is 101 Å². The molecule has 0 atom stereocenters. The molecule has 0 amide bonds. The number of hydrogen-bond donors (Lipinski definition) is 3. The second kappa shape index (κ2) is 3.34. The van der Waals surface area contributed by atoms with Crippen molar-refractivity contribution in [2.24, 2.45) is 5.14 Å². The summed E-state index contributed by atoms with van der Waals surface area (Å²) in [6, 6.07) is 0.526. The lowest BCUT2D eigenvalue weighted by atomic mass is 10.3. The van der Waals surface area contributed by atoms with Crippen LogP contribution in [-0.4, -0.2) is 24.7 Å². The molecule has 1 aromatic rings. The summed E-state index contributed by atoms with van der Waals surface area (Å²) in [6.45, 7) is 0.493. The van der Waals surface area contributed by atoms with Crippen molar-refractivity contribution < 1.29 is 8.42 Å². The Morgan fingerprint density at radius 3 is 2.93 bits per heavy atom. The highest BCUT2D eigenvalue weighted by Gasteiger charge is 2.22. The molecule has 0 aromatic carbocycles. The van der Waals surface area contributed by atoms with Crippen molar-refractivity contribution in [2.45, 2.75) is 30.5 Å². The number of nitrogens with two attached hydrogens (primary N) is 1. The van der Waals surface area contributed by atoms with Gasteiger partial charge in [-0.1, -0.05) is 0 Å². The van der Waals surface area contributed by atoms with Gasteiger partial charge in [-0.2, -0.15) is 5.10 Å². The van der Waals surface area contributed by atoms with E-state index in [1.165, 1.54) is 6.20 Å². The minimum absolute atomic E-state index is 0.00523. The van der Waals surface area contributed by atoms with Crippen molar-refractivity contribution in [1.82, 2.24) is 15.5 Å². The zero-order valence-corrected chi connectivity index (χ0v) is 8.34. The maximum atomic E-state index is 11.1. The van der Waals surface area contributed by atoms with Crippen LogP contribution in [0.4, 0.5) is 0 Å². The molecule has 0 spiro atoms. The first-order valence-electron chi connectivity index (χ1n) is 4.36. The second-order valence-electron chi connectivity index (χ2n) is 3.42. The molecule has 2 rings (SSSR count). The number of H-pyrrole nitrogens is 1. The van der Waals surface area contributed by atoms with Gasteiger partial charge in [-0.3, -0.25) is 5.10 Å². The van der Waals surface area contributed by atoms with Gasteiger partial charge in [-0.05, 0) is 12.8 Å². The Kier molecular flexibility index (Phi) is 2.30. The molecule has 78 valence electrons. The van der Waals surface area contributed by atoms with Gasteiger partial charge in [0.2, 0.25) is 0 Å². The highest BCUT2D eigenvalue weighted by atomic mass is 32.2. The quantitative estimate of drug-likeness (QED) is 0.620. The largest absolute Gasteiger partial charge is 0.310 e. The third kappa shape index (κ3) is 2.11. The van der Waals surface area contributed by atoms with E-state index >= 15 is 0 Å². The molecule has 7 heteroatoms. The summed E-state index contributed by atoms with van der Waals surface area (Å²) in [7, 11) is -3.68. The van der Waals surface area contributed by atoms with Gasteiger partial charge in [0.1, 0.15) is 0 Å². The standard InChI is InChI=1S/C7H12N4O2S/c8-14(12,13)7-5(4-10-11-7)3-9-6-1-2-6/h4,6,9H,1-3H2,(H,10,11)(H2,8,12,13). The van der Waals surface area contributed by atoms with Crippen molar-refractivity contribution in [2.75, 3.05) is 0 Å². The van der Waals surface area contributed by atoms with Crippen LogP contribution in [0.1, 0.15) is 18.4 Å². The van der Waals surface area contributed by atoms with E-state index in [0.717, 1.165) is 12.8 Å². The first-order valence-corrected chi connectivity index (χ1v) is 5.90. The molecule has 1 aromatic heterocycles. The molecule has 1 saturated carbocycles. The number of nitrogens with one attached hydrogen (secondary N) is 2. The fraction of sp³-hybridized carbons (Fsp3) is 0.571. The Morgan fingerprint density at radius 1 is 1.64 bits per heavy atom. The molecule has 1 heterocycles. The molecule has 1 aliphatic carbocycles. The van der Waals surface area contributed by atoms with Gasteiger partial charge in [0.15, 0.2) is 5.03 Å². The van der Waals surface area contributed by atoms with Gasteiger partial charge < -0.3 is 5.32 Å². The van der Waals surface area contributed by atoms with Crippen LogP contribution in [0.25, 0.3) is 0 Å². The van der Waals surface area contributed by atoms with Crippen LogP contribution >= 0.6 is 0 Å². The lowest BCUT2D eigenvalue weighted by molar-refractivity contribution is 0.590. The molecule has 0 unspecified atom stereocenters. The maximum Gasteiger partial charge on any atom is 0.255 e. The third-order valence-corrected chi connectivity index (χ3v) is 3.04. The molecule has 1 fully saturated rings. The molecule has 4 N–H and O–H groups in total. The van der Waals surface area contributed by atoms with E-state index in [4.69, 9.17) is 5.14 Å². The van der Waals surface area contributed by atoms with Crippen molar-refractivity contribution in [1.29, 1.82) is 0 Å². The molecule has 0 bridgehead atoms. The van der Waals surface area contributed by atoms with Gasteiger partial charge >= 0.3 is 0 Å². The molecule has 0 aliphatic heterocycles. The van der Waals surface area contributed by atoms with Crippen molar-refractivity contribution >= 4 is 10.0 Å². The molecular formula is C7H12N4O2S. The summed E-state index contributed by atoms with van der Waals surface area (Å²) in [5.41, 5.74) is 0.597. The van der Waals surface area contributed by atoms with Crippen LogP contribution in [-0.2, 0) is 16.6 Å². The Labute approximate surface area is 81.9 Å². The number of aromatic amines is 1. The predicted molar refractivity (Wildman–Crippen MR) is 49.8 cm³/mol. The van der Waals surface area contributed by atoms with Crippen LogP contribution < -0.4 is 10.5 Å². The second-order valence-corrected chi connectivity index (χ2v) is 4.92. The first-order chi connectivity index (χ1) is 6.57. The normalized spacial score (nSPS) is 17.2. The monoisotopic (exact) mass is 216 g/mol. The Morgan fingerprint density at radius 2 is 2.36 bits per heavy atom. The number of rotatable bonds is 4. The summed E-state index contributed by atoms with van der Waals surface area (Å²) >= 11 is 0. The van der Waals surface area contributed by atoms with E-state index < -0.39 is 10.0 Å². The van der Waals surface area contributed by atoms with Gasteiger partial charge in [0.25, 0.3) is 10.0 Å². The number of primary sulfonamides is 1. The Hall–Kier alpha value is -0.920. The first kappa shape index (κ1) is 9.63. The summed E-state index contributed by atoms with van der Waals surface area (Å²) in [6.07, 6.45) is 3.79. The number of aromatic nitrogens is 2. The molecule has 0 radical (unpaired) electrons. The third-order valence-electron chi connectivity index (χ3n) is 2.12. The van der Waals surface area contributed by atoms with Gasteiger partial charge in [0.05, 0.1) is 6.20 Å². The summed E-state index contributed by atoms with van der Waals surface area (Å²) < 4.78 is 22.1. The highest BCUT2D eigenvalue weighted by molar-refractivity contribution is 7.89. The number of hydrogen-bond acceptors (Lipinski definition) is 4. The predicted octanol–water partition coefficient (Wildman–Crippen LogP) is -0.691. The van der Waals surface area contributed by atoms with E-state index in [-0.39, 0.29) is 5.03 Å².